The number of halogens is 1. The van der Waals surface area contributed by atoms with Crippen LogP contribution in [0.4, 0.5) is 14.9 Å². The van der Waals surface area contributed by atoms with E-state index in [0.717, 1.165) is 56.0 Å². The maximum absolute atomic E-state index is 13.0. The van der Waals surface area contributed by atoms with Crippen LogP contribution in [0, 0.1) is 12.7 Å². The summed E-state index contributed by atoms with van der Waals surface area (Å²) < 4.78 is 13.0. The third-order valence-corrected chi connectivity index (χ3v) is 5.45. The predicted octanol–water partition coefficient (Wildman–Crippen LogP) is 4.65. The summed E-state index contributed by atoms with van der Waals surface area (Å²) in [6.07, 6.45) is 0.896. The lowest BCUT2D eigenvalue weighted by atomic mass is 9.98. The molecule has 0 bridgehead atoms. The Morgan fingerprint density at radius 1 is 1.07 bits per heavy atom. The van der Waals surface area contributed by atoms with Gasteiger partial charge < -0.3 is 10.2 Å². The van der Waals surface area contributed by atoms with E-state index >= 15 is 0 Å². The largest absolute Gasteiger partial charge is 0.322 e. The summed E-state index contributed by atoms with van der Waals surface area (Å²) in [5, 5.41) is 3.14. The zero-order valence-electron chi connectivity index (χ0n) is 17.0. The zero-order valence-corrected chi connectivity index (χ0v) is 17.0. The average molecular weight is 384 g/mol. The summed E-state index contributed by atoms with van der Waals surface area (Å²) in [5.41, 5.74) is 4.35. The normalized spacial score (nSPS) is 15.1. The topological polar surface area (TPSA) is 35.6 Å². The highest BCUT2D eigenvalue weighted by Crippen LogP contribution is 2.27. The van der Waals surface area contributed by atoms with E-state index in [1.54, 1.807) is 0 Å². The molecule has 0 aliphatic carbocycles. The lowest BCUT2D eigenvalue weighted by molar-refractivity contribution is 0.148. The third-order valence-electron chi connectivity index (χ3n) is 5.45. The van der Waals surface area contributed by atoms with Crippen LogP contribution in [0.15, 0.2) is 42.5 Å². The number of nitrogens with zero attached hydrogens (tertiary/aromatic N) is 2. The maximum Gasteiger partial charge on any atom is 0.321 e. The third kappa shape index (κ3) is 5.10. The second-order valence-electron chi connectivity index (χ2n) is 7.83. The minimum atomic E-state index is -0.197. The summed E-state index contributed by atoms with van der Waals surface area (Å²) >= 11 is 0. The molecule has 1 aliphatic heterocycles. The number of benzene rings is 2. The van der Waals surface area contributed by atoms with Crippen molar-refractivity contribution in [3.63, 3.8) is 0 Å². The molecule has 28 heavy (non-hydrogen) atoms. The van der Waals surface area contributed by atoms with Crippen LogP contribution in [0.25, 0.3) is 0 Å². The van der Waals surface area contributed by atoms with Crippen molar-refractivity contribution in [1.82, 2.24) is 9.80 Å². The van der Waals surface area contributed by atoms with Gasteiger partial charge in [-0.3, -0.25) is 4.90 Å². The first-order chi connectivity index (χ1) is 13.4. The van der Waals surface area contributed by atoms with Crippen LogP contribution in [-0.4, -0.2) is 48.6 Å². The van der Waals surface area contributed by atoms with Crippen molar-refractivity contribution >= 4 is 11.7 Å². The van der Waals surface area contributed by atoms with Gasteiger partial charge in [-0.1, -0.05) is 44.2 Å². The molecule has 0 spiro atoms. The predicted molar refractivity (Wildman–Crippen MR) is 112 cm³/mol. The van der Waals surface area contributed by atoms with Gasteiger partial charge in [-0.25, -0.2) is 9.18 Å². The molecule has 0 atom stereocenters. The van der Waals surface area contributed by atoms with Crippen molar-refractivity contribution in [2.45, 2.75) is 33.1 Å². The molecule has 2 aromatic carbocycles. The van der Waals surface area contributed by atoms with Crippen molar-refractivity contribution in [1.29, 1.82) is 0 Å². The van der Waals surface area contributed by atoms with Gasteiger partial charge >= 0.3 is 6.03 Å². The van der Waals surface area contributed by atoms with Crippen molar-refractivity contribution in [2.24, 2.45) is 0 Å². The lowest BCUT2D eigenvalue weighted by Gasteiger charge is -2.35. The Labute approximate surface area is 167 Å². The smallest absolute Gasteiger partial charge is 0.321 e. The monoisotopic (exact) mass is 383 g/mol. The van der Waals surface area contributed by atoms with Gasteiger partial charge in [0.15, 0.2) is 0 Å². The number of aryl methyl sites for hydroxylation is 1. The van der Waals surface area contributed by atoms with Gasteiger partial charge in [0.25, 0.3) is 0 Å². The number of amides is 2. The molecule has 1 fully saturated rings. The molecule has 1 heterocycles. The van der Waals surface area contributed by atoms with Crippen LogP contribution in [0.2, 0.25) is 0 Å². The average Bonchev–Trinajstić information content (AvgIpc) is 2.69. The fourth-order valence-corrected chi connectivity index (χ4v) is 3.64. The Kier molecular flexibility index (Phi) is 6.68. The molecule has 5 heteroatoms. The summed E-state index contributed by atoms with van der Waals surface area (Å²) in [7, 11) is 0. The number of carbonyl (C=O) groups is 1. The van der Waals surface area contributed by atoms with E-state index in [9.17, 15) is 9.18 Å². The highest BCUT2D eigenvalue weighted by atomic mass is 19.1. The van der Waals surface area contributed by atoms with E-state index in [4.69, 9.17) is 0 Å². The number of rotatable bonds is 5. The Bertz CT molecular complexity index is 796. The Hall–Kier alpha value is -2.40. The van der Waals surface area contributed by atoms with Crippen LogP contribution in [0.3, 0.4) is 0 Å². The number of hydrogen-bond acceptors (Lipinski definition) is 2. The maximum atomic E-state index is 13.0. The molecule has 1 saturated heterocycles. The fourth-order valence-electron chi connectivity index (χ4n) is 3.64. The lowest BCUT2D eigenvalue weighted by Crippen LogP contribution is -2.50. The van der Waals surface area contributed by atoms with Gasteiger partial charge in [0.05, 0.1) is 0 Å². The number of urea groups is 1. The fraction of sp³-hybridized carbons (Fsp3) is 0.435. The Morgan fingerprint density at radius 3 is 2.39 bits per heavy atom. The molecule has 1 aliphatic rings. The van der Waals surface area contributed by atoms with Gasteiger partial charge in [-0.05, 0) is 48.1 Å². The van der Waals surface area contributed by atoms with Crippen molar-refractivity contribution in [3.05, 3.63) is 65.0 Å². The van der Waals surface area contributed by atoms with E-state index in [-0.39, 0.29) is 11.8 Å². The van der Waals surface area contributed by atoms with Gasteiger partial charge in [-0.2, -0.15) is 0 Å². The number of anilines is 1. The molecular formula is C23H30FN3O. The Balaban J connectivity index is 1.51. The molecule has 0 radical (unpaired) electrons. The second kappa shape index (κ2) is 9.20. The first-order valence-corrected chi connectivity index (χ1v) is 10.1. The molecule has 4 nitrogen and oxygen atoms in total. The second-order valence-corrected chi connectivity index (χ2v) is 7.83. The molecule has 0 aromatic heterocycles. The van der Waals surface area contributed by atoms with Crippen molar-refractivity contribution in [2.75, 3.05) is 38.0 Å². The van der Waals surface area contributed by atoms with Gasteiger partial charge in [0, 0.05) is 38.4 Å². The van der Waals surface area contributed by atoms with E-state index in [2.05, 4.69) is 30.1 Å². The molecule has 0 saturated carbocycles. The SMILES string of the molecule is Cc1cccc(C(C)C)c1NC(=O)N1CCN(CCc2ccc(F)cc2)CC1. The number of nitrogens with one attached hydrogen (secondary N) is 1. The first kappa shape index (κ1) is 20.3. The number of piperazine rings is 1. The number of hydrogen-bond donors (Lipinski definition) is 1. The van der Waals surface area contributed by atoms with E-state index in [1.165, 1.54) is 17.7 Å². The van der Waals surface area contributed by atoms with E-state index in [1.807, 2.05) is 36.1 Å². The molecule has 3 rings (SSSR count). The number of carbonyl (C=O) groups excluding carboxylic acids is 1. The highest BCUT2D eigenvalue weighted by molar-refractivity contribution is 5.91. The number of para-hydroxylation sites is 1. The molecule has 2 aromatic rings. The minimum Gasteiger partial charge on any atom is -0.322 e. The Morgan fingerprint density at radius 2 is 1.75 bits per heavy atom. The van der Waals surface area contributed by atoms with Crippen LogP contribution in [0.5, 0.6) is 0 Å². The molecule has 150 valence electrons. The zero-order chi connectivity index (χ0) is 20.1. The van der Waals surface area contributed by atoms with Crippen molar-refractivity contribution < 1.29 is 9.18 Å². The van der Waals surface area contributed by atoms with E-state index < -0.39 is 0 Å². The van der Waals surface area contributed by atoms with Crippen LogP contribution in [0.1, 0.15) is 36.5 Å². The molecule has 0 unspecified atom stereocenters. The summed E-state index contributed by atoms with van der Waals surface area (Å²) in [5.74, 6) is 0.163. The summed E-state index contributed by atoms with van der Waals surface area (Å²) in [6, 6.07) is 12.8. The standard InChI is InChI=1S/C23H30FN3O/c1-17(2)21-6-4-5-18(3)22(21)25-23(28)27-15-13-26(14-16-27)12-11-19-7-9-20(24)10-8-19/h4-10,17H,11-16H2,1-3H3,(H,25,28). The van der Waals surface area contributed by atoms with Crippen LogP contribution in [-0.2, 0) is 6.42 Å². The van der Waals surface area contributed by atoms with Gasteiger partial charge in [0.2, 0.25) is 0 Å². The first-order valence-electron chi connectivity index (χ1n) is 10.1. The van der Waals surface area contributed by atoms with Crippen LogP contribution >= 0.6 is 0 Å². The van der Waals surface area contributed by atoms with Crippen LogP contribution < -0.4 is 5.32 Å². The molecule has 2 amide bonds. The minimum absolute atomic E-state index is 0.0191. The van der Waals surface area contributed by atoms with E-state index in [0.29, 0.717) is 5.92 Å². The van der Waals surface area contributed by atoms with Gasteiger partial charge in [0.1, 0.15) is 5.82 Å². The summed E-state index contributed by atoms with van der Waals surface area (Å²) in [4.78, 5) is 17.0. The van der Waals surface area contributed by atoms with Crippen molar-refractivity contribution in [3.8, 4) is 0 Å². The quantitative estimate of drug-likeness (QED) is 0.816. The molecule has 1 N–H and O–H groups in total. The highest BCUT2D eigenvalue weighted by Gasteiger charge is 2.22. The summed E-state index contributed by atoms with van der Waals surface area (Å²) in [6.45, 7) is 10.4. The molecular weight excluding hydrogens is 353 g/mol. The van der Waals surface area contributed by atoms with Gasteiger partial charge in [-0.15, -0.1) is 0 Å².